The van der Waals surface area contributed by atoms with Crippen molar-refractivity contribution in [2.24, 2.45) is 10.4 Å². The molecule has 4 nitrogen and oxygen atoms in total. The van der Waals surface area contributed by atoms with Crippen LogP contribution in [-0.2, 0) is 9.57 Å². The van der Waals surface area contributed by atoms with Gasteiger partial charge in [0.1, 0.15) is 6.67 Å². The van der Waals surface area contributed by atoms with Gasteiger partial charge in [0.15, 0.2) is 0 Å². The van der Waals surface area contributed by atoms with Crippen molar-refractivity contribution in [1.82, 2.24) is 5.06 Å². The maximum absolute atomic E-state index is 5.57. The zero-order valence-corrected chi connectivity index (χ0v) is 10.7. The minimum Gasteiger partial charge on any atom is -0.478 e. The molecule has 1 rings (SSSR count). The van der Waals surface area contributed by atoms with E-state index in [0.29, 0.717) is 31.2 Å². The molecule has 1 aliphatic rings. The Morgan fingerprint density at radius 2 is 2.19 bits per heavy atom. The van der Waals surface area contributed by atoms with E-state index in [1.54, 1.807) is 5.06 Å². The highest BCUT2D eigenvalue weighted by atomic mass is 16.7. The fourth-order valence-corrected chi connectivity index (χ4v) is 1.19. The fourth-order valence-electron chi connectivity index (χ4n) is 1.19. The summed E-state index contributed by atoms with van der Waals surface area (Å²) in [6, 6.07) is 0. The molecule has 0 spiro atoms. The highest BCUT2D eigenvalue weighted by Gasteiger charge is 2.11. The van der Waals surface area contributed by atoms with Crippen LogP contribution in [-0.4, -0.2) is 30.8 Å². The molecule has 0 N–H and O–H groups in total. The average Bonchev–Trinajstić information content (AvgIpc) is 2.19. The molecule has 0 aromatic heterocycles. The van der Waals surface area contributed by atoms with Crippen molar-refractivity contribution in [1.29, 1.82) is 0 Å². The molecule has 92 valence electrons. The van der Waals surface area contributed by atoms with Gasteiger partial charge in [-0.3, -0.25) is 4.84 Å². The molecule has 0 fully saturated rings. The number of nitrogens with zero attached hydrogens (tertiary/aromatic N) is 2. The van der Waals surface area contributed by atoms with Crippen LogP contribution in [0.3, 0.4) is 0 Å². The van der Waals surface area contributed by atoms with Crippen molar-refractivity contribution in [3.8, 4) is 0 Å². The van der Waals surface area contributed by atoms with Crippen LogP contribution >= 0.6 is 0 Å². The lowest BCUT2D eigenvalue weighted by atomic mass is 9.93. The molecule has 0 radical (unpaired) electrons. The summed E-state index contributed by atoms with van der Waals surface area (Å²) in [6.07, 6.45) is 4.71. The van der Waals surface area contributed by atoms with Gasteiger partial charge in [-0.25, -0.2) is 10.1 Å². The maximum atomic E-state index is 5.57. The maximum Gasteiger partial charge on any atom is 0.211 e. The molecule has 0 saturated heterocycles. The Balaban J connectivity index is 2.23. The molecular formula is C12H22N2O2. The first-order valence-electron chi connectivity index (χ1n) is 5.76. The topological polar surface area (TPSA) is 34.1 Å². The minimum atomic E-state index is 0.302. The smallest absolute Gasteiger partial charge is 0.211 e. The first kappa shape index (κ1) is 13.0. The van der Waals surface area contributed by atoms with E-state index in [-0.39, 0.29) is 0 Å². The van der Waals surface area contributed by atoms with E-state index in [9.17, 15) is 0 Å². The van der Waals surface area contributed by atoms with Crippen LogP contribution in [0, 0.1) is 5.41 Å². The molecule has 0 aliphatic carbocycles. The second-order valence-electron chi connectivity index (χ2n) is 4.95. The summed E-state index contributed by atoms with van der Waals surface area (Å²) in [4.78, 5) is 9.53. The summed E-state index contributed by atoms with van der Waals surface area (Å²) < 4.78 is 5.57. The Labute approximate surface area is 97.9 Å². The quantitative estimate of drug-likeness (QED) is 0.739. The number of aliphatic imine (C=N–C) groups is 1. The molecule has 0 aromatic carbocycles. The molecule has 0 unspecified atom stereocenters. The first-order valence-corrected chi connectivity index (χ1v) is 5.76. The van der Waals surface area contributed by atoms with E-state index in [0.717, 1.165) is 6.42 Å². The Morgan fingerprint density at radius 1 is 1.44 bits per heavy atom. The van der Waals surface area contributed by atoms with Crippen LogP contribution in [0.2, 0.25) is 0 Å². The molecule has 0 bridgehead atoms. The molecule has 1 aliphatic heterocycles. The summed E-state index contributed by atoms with van der Waals surface area (Å²) >= 11 is 0. The van der Waals surface area contributed by atoms with Gasteiger partial charge in [0.25, 0.3) is 0 Å². The molecule has 4 heteroatoms. The van der Waals surface area contributed by atoms with Crippen LogP contribution < -0.4 is 0 Å². The molecule has 0 atom stereocenters. The third-order valence-corrected chi connectivity index (χ3v) is 2.15. The van der Waals surface area contributed by atoms with Gasteiger partial charge in [0, 0.05) is 12.3 Å². The van der Waals surface area contributed by atoms with E-state index in [1.165, 1.54) is 0 Å². The second-order valence-corrected chi connectivity index (χ2v) is 4.95. The van der Waals surface area contributed by atoms with Crippen LogP contribution in [0.1, 0.15) is 34.1 Å². The van der Waals surface area contributed by atoms with E-state index in [4.69, 9.17) is 9.57 Å². The van der Waals surface area contributed by atoms with Crippen molar-refractivity contribution < 1.29 is 9.57 Å². The van der Waals surface area contributed by atoms with E-state index in [2.05, 4.69) is 25.8 Å². The summed E-state index contributed by atoms with van der Waals surface area (Å²) in [6.45, 7) is 10.4. The first-order chi connectivity index (χ1) is 7.51. The predicted molar refractivity (Wildman–Crippen MR) is 64.9 cm³/mol. The third kappa shape index (κ3) is 5.16. The summed E-state index contributed by atoms with van der Waals surface area (Å²) in [7, 11) is 0. The zero-order valence-electron chi connectivity index (χ0n) is 10.7. The Bertz CT molecular complexity index is 267. The van der Waals surface area contributed by atoms with Crippen molar-refractivity contribution in [3.05, 3.63) is 12.3 Å². The standard InChI is InChI=1S/C12H22N2O2/c1-5-16-14-8-6-11(13-10-14)15-9-7-12(2,3)4/h6,8H,5,7,9-10H2,1-4H3. The summed E-state index contributed by atoms with van der Waals surface area (Å²) in [5, 5.41) is 1.69. The molecule has 1 heterocycles. The van der Waals surface area contributed by atoms with Crippen LogP contribution in [0.15, 0.2) is 17.3 Å². The Morgan fingerprint density at radius 3 is 2.69 bits per heavy atom. The average molecular weight is 226 g/mol. The fraction of sp³-hybridized carbons (Fsp3) is 0.750. The van der Waals surface area contributed by atoms with Crippen molar-refractivity contribution in [3.63, 3.8) is 0 Å². The SMILES string of the molecule is CCON1C=CC(OCCC(C)(C)C)=NC1. The Hall–Kier alpha value is -1.03. The number of hydrogen-bond donors (Lipinski definition) is 0. The molecular weight excluding hydrogens is 204 g/mol. The number of hydroxylamine groups is 2. The lowest BCUT2D eigenvalue weighted by Gasteiger charge is -2.21. The molecule has 16 heavy (non-hydrogen) atoms. The minimum absolute atomic E-state index is 0.302. The van der Waals surface area contributed by atoms with Gasteiger partial charge in [0.05, 0.1) is 13.2 Å². The molecule has 0 amide bonds. The van der Waals surface area contributed by atoms with Gasteiger partial charge in [0.2, 0.25) is 5.90 Å². The van der Waals surface area contributed by atoms with Crippen molar-refractivity contribution >= 4 is 5.90 Å². The number of rotatable bonds is 4. The van der Waals surface area contributed by atoms with Gasteiger partial charge in [-0.1, -0.05) is 20.8 Å². The summed E-state index contributed by atoms with van der Waals surface area (Å²) in [5.74, 6) is 0.695. The number of hydrogen-bond acceptors (Lipinski definition) is 4. The molecule has 0 aromatic rings. The normalized spacial score (nSPS) is 16.2. The largest absolute Gasteiger partial charge is 0.478 e. The van der Waals surface area contributed by atoms with E-state index in [1.807, 2.05) is 19.2 Å². The highest BCUT2D eigenvalue weighted by Crippen LogP contribution is 2.18. The Kier molecular flexibility index (Phi) is 4.80. The van der Waals surface area contributed by atoms with Crippen LogP contribution in [0.5, 0.6) is 0 Å². The van der Waals surface area contributed by atoms with Gasteiger partial charge in [-0.2, -0.15) is 0 Å². The lowest BCUT2D eigenvalue weighted by Crippen LogP contribution is -2.23. The monoisotopic (exact) mass is 226 g/mol. The second kappa shape index (κ2) is 5.89. The summed E-state index contributed by atoms with van der Waals surface area (Å²) in [5.41, 5.74) is 0.302. The van der Waals surface area contributed by atoms with E-state index >= 15 is 0 Å². The van der Waals surface area contributed by atoms with E-state index < -0.39 is 0 Å². The third-order valence-electron chi connectivity index (χ3n) is 2.15. The van der Waals surface area contributed by atoms with Gasteiger partial charge in [-0.15, -0.1) is 0 Å². The lowest BCUT2D eigenvalue weighted by molar-refractivity contribution is -0.114. The van der Waals surface area contributed by atoms with Gasteiger partial charge >= 0.3 is 0 Å². The van der Waals surface area contributed by atoms with Crippen LogP contribution in [0.4, 0.5) is 0 Å². The van der Waals surface area contributed by atoms with Gasteiger partial charge in [-0.05, 0) is 18.8 Å². The zero-order chi connectivity index (χ0) is 12.0. The van der Waals surface area contributed by atoms with Crippen molar-refractivity contribution in [2.45, 2.75) is 34.1 Å². The molecule has 0 saturated carbocycles. The van der Waals surface area contributed by atoms with Gasteiger partial charge < -0.3 is 4.74 Å². The van der Waals surface area contributed by atoms with Crippen molar-refractivity contribution in [2.75, 3.05) is 19.9 Å². The highest BCUT2D eigenvalue weighted by molar-refractivity contribution is 5.87. The number of ether oxygens (including phenoxy) is 1. The predicted octanol–water partition coefficient (Wildman–Crippen LogP) is 2.58. The van der Waals surface area contributed by atoms with Crippen LogP contribution in [0.25, 0.3) is 0 Å².